The molecule has 1 aliphatic heterocycles. The molecule has 1 aromatic rings. The van der Waals surface area contributed by atoms with Crippen molar-refractivity contribution in [2.75, 3.05) is 18.4 Å². The predicted octanol–water partition coefficient (Wildman–Crippen LogP) is 2.73. The van der Waals surface area contributed by atoms with Gasteiger partial charge in [0, 0.05) is 30.8 Å². The summed E-state index contributed by atoms with van der Waals surface area (Å²) >= 11 is 0. The lowest BCUT2D eigenvalue weighted by Crippen LogP contribution is -2.46. The normalized spacial score (nSPS) is 21.4. The molecule has 136 valence electrons. The van der Waals surface area contributed by atoms with Crippen molar-refractivity contribution in [1.82, 2.24) is 4.90 Å². The van der Waals surface area contributed by atoms with Gasteiger partial charge in [0.25, 0.3) is 5.91 Å². The molecule has 1 atom stereocenters. The van der Waals surface area contributed by atoms with Crippen LogP contribution in [0.1, 0.15) is 29.6 Å². The number of carbonyl (C=O) groups excluding carboxylic acids is 2. The lowest BCUT2D eigenvalue weighted by Gasteiger charge is -2.29. The van der Waals surface area contributed by atoms with Gasteiger partial charge in [0.1, 0.15) is 0 Å². The molecular weight excluding hydrogens is 337 g/mol. The fourth-order valence-corrected chi connectivity index (χ4v) is 2.71. The third-order valence-corrected chi connectivity index (χ3v) is 4.19. The summed E-state index contributed by atoms with van der Waals surface area (Å²) in [5.41, 5.74) is -2.13. The van der Waals surface area contributed by atoms with Crippen molar-refractivity contribution in [3.05, 3.63) is 42.5 Å². The van der Waals surface area contributed by atoms with Gasteiger partial charge in [-0.1, -0.05) is 12.6 Å². The zero-order valence-corrected chi connectivity index (χ0v) is 13.5. The summed E-state index contributed by atoms with van der Waals surface area (Å²) in [4.78, 5) is 25.2. The molecular formula is C17H19F3N2O3. The largest absolute Gasteiger partial charge is 0.417 e. The van der Waals surface area contributed by atoms with Crippen LogP contribution in [-0.2, 0) is 4.79 Å². The molecule has 5 nitrogen and oxygen atoms in total. The van der Waals surface area contributed by atoms with Crippen molar-refractivity contribution < 1.29 is 27.9 Å². The molecule has 1 fully saturated rings. The number of hydrogen-bond donors (Lipinski definition) is 2. The van der Waals surface area contributed by atoms with Gasteiger partial charge in [-0.25, -0.2) is 0 Å². The van der Waals surface area contributed by atoms with Crippen molar-refractivity contribution in [2.45, 2.75) is 31.0 Å². The fourth-order valence-electron chi connectivity index (χ4n) is 2.71. The van der Waals surface area contributed by atoms with Crippen LogP contribution in [0.25, 0.3) is 0 Å². The molecule has 2 rings (SSSR count). The number of nitrogens with zero attached hydrogens (tertiary/aromatic N) is 1. The highest BCUT2D eigenvalue weighted by atomic mass is 19.4. The third kappa shape index (κ3) is 4.39. The van der Waals surface area contributed by atoms with Crippen molar-refractivity contribution in [3.63, 3.8) is 0 Å². The lowest BCUT2D eigenvalue weighted by atomic mass is 9.94. The molecule has 2 N–H and O–H groups in total. The van der Waals surface area contributed by atoms with Gasteiger partial charge in [0.05, 0.1) is 0 Å². The molecule has 25 heavy (non-hydrogen) atoms. The Morgan fingerprint density at radius 3 is 2.64 bits per heavy atom. The number of hydrogen-bond acceptors (Lipinski definition) is 3. The summed E-state index contributed by atoms with van der Waals surface area (Å²) in [5, 5.41) is 12.3. The summed E-state index contributed by atoms with van der Waals surface area (Å²) in [7, 11) is 0. The van der Waals surface area contributed by atoms with Crippen LogP contribution >= 0.6 is 0 Å². The first-order valence-corrected chi connectivity index (χ1v) is 7.78. The van der Waals surface area contributed by atoms with Gasteiger partial charge >= 0.3 is 6.18 Å². The van der Waals surface area contributed by atoms with Crippen LogP contribution in [0, 0.1) is 0 Å². The molecule has 0 radical (unpaired) electrons. The summed E-state index contributed by atoms with van der Waals surface area (Å²) < 4.78 is 38.9. The van der Waals surface area contributed by atoms with Crippen molar-refractivity contribution in [2.24, 2.45) is 0 Å². The van der Waals surface area contributed by atoms with E-state index in [1.807, 2.05) is 0 Å². The van der Waals surface area contributed by atoms with E-state index in [1.54, 1.807) is 12.1 Å². The topological polar surface area (TPSA) is 69.6 Å². The molecule has 1 saturated heterocycles. The third-order valence-electron chi connectivity index (χ3n) is 4.19. The van der Waals surface area contributed by atoms with Crippen molar-refractivity contribution >= 4 is 17.5 Å². The number of likely N-dealkylation sites (tertiary alicyclic amines) is 1. The molecule has 0 aromatic heterocycles. The SMILES string of the molecule is C=CC(=O)Nc1cccc(C(=O)N2CCC[C@@](O)(C(F)(F)F)CC2)c1. The van der Waals surface area contributed by atoms with Crippen LogP contribution in [0.2, 0.25) is 0 Å². The Kier molecular flexibility index (Phi) is 5.52. The number of amides is 2. The molecule has 1 heterocycles. The number of anilines is 1. The Balaban J connectivity index is 2.12. The van der Waals surface area contributed by atoms with Gasteiger partial charge in [-0.05, 0) is 37.1 Å². The van der Waals surface area contributed by atoms with Crippen molar-refractivity contribution in [1.29, 1.82) is 0 Å². The highest BCUT2D eigenvalue weighted by molar-refractivity contribution is 6.00. The van der Waals surface area contributed by atoms with Gasteiger partial charge < -0.3 is 15.3 Å². The Morgan fingerprint density at radius 1 is 1.28 bits per heavy atom. The van der Waals surface area contributed by atoms with E-state index in [2.05, 4.69) is 11.9 Å². The maximum absolute atomic E-state index is 13.0. The summed E-state index contributed by atoms with van der Waals surface area (Å²) in [5.74, 6) is -0.879. The van der Waals surface area contributed by atoms with E-state index in [-0.39, 0.29) is 25.1 Å². The monoisotopic (exact) mass is 356 g/mol. The molecule has 2 amide bonds. The molecule has 0 aliphatic carbocycles. The Morgan fingerprint density at radius 2 is 2.00 bits per heavy atom. The highest BCUT2D eigenvalue weighted by Gasteiger charge is 2.53. The molecule has 1 aromatic carbocycles. The van der Waals surface area contributed by atoms with Crippen LogP contribution in [0.4, 0.5) is 18.9 Å². The number of benzene rings is 1. The zero-order valence-electron chi connectivity index (χ0n) is 13.5. The second kappa shape index (κ2) is 7.26. The Bertz CT molecular complexity index is 675. The van der Waals surface area contributed by atoms with Gasteiger partial charge in [0.2, 0.25) is 5.91 Å². The predicted molar refractivity (Wildman–Crippen MR) is 86.0 cm³/mol. The minimum Gasteiger partial charge on any atom is -0.380 e. The van der Waals surface area contributed by atoms with E-state index >= 15 is 0 Å². The van der Waals surface area contributed by atoms with Crippen LogP contribution in [0.5, 0.6) is 0 Å². The minimum absolute atomic E-state index is 0.0502. The van der Waals surface area contributed by atoms with E-state index in [1.165, 1.54) is 17.0 Å². The lowest BCUT2D eigenvalue weighted by molar-refractivity contribution is -0.263. The first-order chi connectivity index (χ1) is 11.7. The van der Waals surface area contributed by atoms with Crippen LogP contribution in [0.3, 0.4) is 0 Å². The van der Waals surface area contributed by atoms with Gasteiger partial charge in [-0.15, -0.1) is 0 Å². The maximum Gasteiger partial charge on any atom is 0.417 e. The summed E-state index contributed by atoms with van der Waals surface area (Å²) in [6, 6.07) is 6.12. The molecule has 0 unspecified atom stereocenters. The Hall–Kier alpha value is -2.35. The average Bonchev–Trinajstić information content (AvgIpc) is 2.76. The molecule has 1 aliphatic rings. The number of alkyl halides is 3. The smallest absolute Gasteiger partial charge is 0.380 e. The molecule has 0 bridgehead atoms. The molecule has 0 saturated carbocycles. The second-order valence-electron chi connectivity index (χ2n) is 5.95. The van der Waals surface area contributed by atoms with Gasteiger partial charge in [0.15, 0.2) is 5.60 Å². The number of nitrogens with one attached hydrogen (secondary N) is 1. The number of halogens is 3. The zero-order chi connectivity index (χ0) is 18.7. The Labute approximate surface area is 143 Å². The van der Waals surface area contributed by atoms with E-state index in [4.69, 9.17) is 0 Å². The van der Waals surface area contributed by atoms with E-state index in [0.29, 0.717) is 5.69 Å². The first kappa shape index (κ1) is 19.0. The molecule has 8 heteroatoms. The number of carbonyl (C=O) groups is 2. The van der Waals surface area contributed by atoms with Gasteiger partial charge in [-0.3, -0.25) is 9.59 Å². The first-order valence-electron chi connectivity index (χ1n) is 7.78. The summed E-state index contributed by atoms with van der Waals surface area (Å²) in [6.07, 6.45) is -4.58. The summed E-state index contributed by atoms with van der Waals surface area (Å²) in [6.45, 7) is 3.26. The standard InChI is InChI=1S/C17H19F3N2O3/c1-2-14(23)21-13-6-3-5-12(11-13)15(24)22-9-4-7-16(25,8-10-22)17(18,19)20/h2-3,5-6,11,25H,1,4,7-10H2,(H,21,23)/t16-/m0/s1. The number of aliphatic hydroxyl groups is 1. The second-order valence-corrected chi connectivity index (χ2v) is 5.95. The van der Waals surface area contributed by atoms with E-state index in [0.717, 1.165) is 6.08 Å². The fraction of sp³-hybridized carbons (Fsp3) is 0.412. The van der Waals surface area contributed by atoms with Crippen LogP contribution in [-0.4, -0.2) is 46.7 Å². The van der Waals surface area contributed by atoms with E-state index in [9.17, 15) is 27.9 Å². The maximum atomic E-state index is 13.0. The van der Waals surface area contributed by atoms with E-state index < -0.39 is 36.4 Å². The van der Waals surface area contributed by atoms with Crippen LogP contribution in [0.15, 0.2) is 36.9 Å². The highest BCUT2D eigenvalue weighted by Crippen LogP contribution is 2.38. The van der Waals surface area contributed by atoms with Crippen molar-refractivity contribution in [3.8, 4) is 0 Å². The minimum atomic E-state index is -4.72. The average molecular weight is 356 g/mol. The quantitative estimate of drug-likeness (QED) is 0.818. The van der Waals surface area contributed by atoms with Crippen LogP contribution < -0.4 is 5.32 Å². The van der Waals surface area contributed by atoms with Gasteiger partial charge in [-0.2, -0.15) is 13.2 Å². The number of rotatable bonds is 3. The molecule has 0 spiro atoms.